The summed E-state index contributed by atoms with van der Waals surface area (Å²) in [6.07, 6.45) is 0. The number of halogens is 1. The summed E-state index contributed by atoms with van der Waals surface area (Å²) in [5.41, 5.74) is 0. The first kappa shape index (κ1) is 16.4. The van der Waals surface area contributed by atoms with Crippen molar-refractivity contribution in [3.63, 3.8) is 0 Å². The fourth-order valence-electron chi connectivity index (χ4n) is 0. The maximum atomic E-state index is 9.31. The van der Waals surface area contributed by atoms with E-state index in [0.29, 0.717) is 0 Å². The zero-order chi connectivity index (χ0) is 2.00. The Labute approximate surface area is 69.2 Å². The van der Waals surface area contributed by atoms with Crippen LogP contribution in [0.2, 0.25) is 0 Å². The second kappa shape index (κ2) is 19.1. The molecule has 0 nitrogen and oxygen atoms in total. The molecule has 0 aliphatic rings. The van der Waals surface area contributed by atoms with Crippen LogP contribution >= 0.6 is 0 Å². The molecule has 0 N–H and O–H groups in total. The molecule has 4 heteroatoms. The van der Waals surface area contributed by atoms with E-state index in [1.54, 1.807) is 0 Å². The first-order valence-electron chi connectivity index (χ1n) is 0.114. The second-order valence-electron chi connectivity index (χ2n) is 0. The van der Waals surface area contributed by atoms with Crippen LogP contribution in [0, 0.1) is 0 Å². The molecule has 0 amide bonds. The van der Waals surface area contributed by atoms with Gasteiger partial charge in [0.15, 0.2) is 0 Å². The van der Waals surface area contributed by atoms with E-state index in [0.717, 1.165) is 0 Å². The predicted molar refractivity (Wildman–Crippen MR) is 6.86 cm³/mol. The number of rotatable bonds is 0. The maximum Gasteiger partial charge on any atom is 0 e. The smallest absolute Gasteiger partial charge is 0 e. The molecule has 0 aromatic heterocycles. The Balaban J connectivity index is -0.00000000500. The molecule has 0 aliphatic carbocycles. The molecule has 3 radical (unpaired) electrons. The van der Waals surface area contributed by atoms with Crippen LogP contribution in [-0.4, -0.2) is 23.1 Å². The molecule has 0 spiro atoms. The van der Waals surface area contributed by atoms with E-state index in [4.69, 9.17) is 0 Å². The Hall–Kier alpha value is 2.18. The summed E-state index contributed by atoms with van der Waals surface area (Å²) >= 11 is 1.45. The van der Waals surface area contributed by atoms with Crippen molar-refractivity contribution in [1.82, 2.24) is 0 Å². The van der Waals surface area contributed by atoms with Crippen LogP contribution in [0.15, 0.2) is 0 Å². The minimum atomic E-state index is 0. The van der Waals surface area contributed by atoms with Crippen molar-refractivity contribution < 1.29 is 47.0 Å². The topological polar surface area (TPSA) is 0 Å². The molecule has 0 saturated carbocycles. The van der Waals surface area contributed by atoms with Gasteiger partial charge in [0.05, 0.1) is 0 Å². The minimum Gasteiger partial charge on any atom is 0 e. The first-order valence-corrected chi connectivity index (χ1v) is 0.674. The second-order valence-corrected chi connectivity index (χ2v) is 0. The van der Waals surface area contributed by atoms with E-state index in [-0.39, 0.29) is 45.4 Å². The van der Waals surface area contributed by atoms with Crippen molar-refractivity contribution >= 4 is 23.1 Å². The summed E-state index contributed by atoms with van der Waals surface area (Å²) in [6.45, 7) is 0. The van der Waals surface area contributed by atoms with E-state index >= 15 is 0 Å². The zero-order valence-electron chi connectivity index (χ0n) is 1.69. The van der Waals surface area contributed by atoms with Gasteiger partial charge in [0, 0.05) is 45.4 Å². The average Bonchev–Trinajstić information content (AvgIpc) is 1.00. The standard InChI is InChI=1S/2Ag.FH.Mg/h;;1H;/q;+1;;/p-1. The zero-order valence-corrected chi connectivity index (χ0v) is 6.07. The Morgan fingerprint density at radius 3 is 1.25 bits per heavy atom. The molecule has 0 heterocycles. The third kappa shape index (κ3) is 8.90. The molecule has 31 valence electrons. The molecule has 0 unspecified atom stereocenters. The molecule has 0 aromatic rings. The summed E-state index contributed by atoms with van der Waals surface area (Å²) < 4.78 is 9.31. The molecule has 0 rings (SSSR count). The van der Waals surface area contributed by atoms with E-state index in [1.165, 1.54) is 21.6 Å². The molecule has 4 heavy (non-hydrogen) atoms. The van der Waals surface area contributed by atoms with Gasteiger partial charge in [-0.1, -0.05) is 0 Å². The van der Waals surface area contributed by atoms with Crippen molar-refractivity contribution in [2.45, 2.75) is 0 Å². The van der Waals surface area contributed by atoms with Crippen LogP contribution in [-0.2, 0) is 44.0 Å². The minimum absolute atomic E-state index is 0. The summed E-state index contributed by atoms with van der Waals surface area (Å²) in [6, 6.07) is 0. The third-order valence-electron chi connectivity index (χ3n) is 0. The summed E-state index contributed by atoms with van der Waals surface area (Å²) in [7, 11) is 0. The van der Waals surface area contributed by atoms with Gasteiger partial charge in [0.1, 0.15) is 0 Å². The molecule has 0 aliphatic heterocycles. The first-order chi connectivity index (χ1) is 1.00. The monoisotopic (exact) mass is 257 g/mol. The van der Waals surface area contributed by atoms with E-state index in [2.05, 4.69) is 0 Å². The summed E-state index contributed by atoms with van der Waals surface area (Å²) in [4.78, 5) is 0. The number of hydrogen-bond acceptors (Lipinski definition) is 0. The van der Waals surface area contributed by atoms with Gasteiger partial charge in [0.2, 0.25) is 0 Å². The number of hydrogen-bond donors (Lipinski definition) is 0. The molecule has 0 aromatic carbocycles. The van der Waals surface area contributed by atoms with Crippen LogP contribution in [0.1, 0.15) is 0 Å². The molecule has 0 atom stereocenters. The molecule has 0 bridgehead atoms. The van der Waals surface area contributed by atoms with Crippen LogP contribution < -0.4 is 0 Å². The predicted octanol–water partition coefficient (Wildman–Crippen LogP) is 0.0344. The molecule has 0 fully saturated rings. The normalized spacial score (nSPS) is 1.75. The third-order valence-corrected chi connectivity index (χ3v) is 0. The fourth-order valence-corrected chi connectivity index (χ4v) is 0. The van der Waals surface area contributed by atoms with Gasteiger partial charge in [-0.15, -0.1) is 0 Å². The van der Waals surface area contributed by atoms with E-state index in [9.17, 15) is 3.02 Å². The van der Waals surface area contributed by atoms with Crippen molar-refractivity contribution in [1.29, 1.82) is 0 Å². The van der Waals surface area contributed by atoms with Gasteiger partial charge in [-0.2, -0.15) is 0 Å². The van der Waals surface area contributed by atoms with Crippen molar-refractivity contribution in [2.24, 2.45) is 0 Å². The average molecular weight is 259 g/mol. The van der Waals surface area contributed by atoms with E-state index < -0.39 is 0 Å². The van der Waals surface area contributed by atoms with Gasteiger partial charge in [-0.05, 0) is 0 Å². The van der Waals surface area contributed by atoms with Gasteiger partial charge in [-0.3, -0.25) is 0 Å². The largest absolute Gasteiger partial charge is 0 e. The molecule has 0 saturated heterocycles. The van der Waals surface area contributed by atoms with Gasteiger partial charge < -0.3 is 0 Å². The Morgan fingerprint density at radius 2 is 1.25 bits per heavy atom. The Bertz CT molecular complexity index is 6.00. The fraction of sp³-hybridized carbons (Fsp3) is 0. The van der Waals surface area contributed by atoms with Crippen molar-refractivity contribution in [2.75, 3.05) is 0 Å². The summed E-state index contributed by atoms with van der Waals surface area (Å²) in [5.74, 6) is 0. The summed E-state index contributed by atoms with van der Waals surface area (Å²) in [5, 5.41) is 0. The molecular formula is Ag2FMg. The van der Waals surface area contributed by atoms with E-state index in [1.807, 2.05) is 0 Å². The Morgan fingerprint density at radius 1 is 1.25 bits per heavy atom. The SMILES string of the molecule is [Ag].[F][Ag].[Mg]. The van der Waals surface area contributed by atoms with Gasteiger partial charge in [0.25, 0.3) is 0 Å². The quantitative estimate of drug-likeness (QED) is 0.539. The van der Waals surface area contributed by atoms with Crippen LogP contribution in [0.5, 0.6) is 0 Å². The van der Waals surface area contributed by atoms with Crippen LogP contribution in [0.4, 0.5) is 3.02 Å². The van der Waals surface area contributed by atoms with Crippen molar-refractivity contribution in [3.8, 4) is 0 Å². The molecular weight excluding hydrogens is 259 g/mol. The Kier molecular flexibility index (Phi) is 78.2. The van der Waals surface area contributed by atoms with Crippen LogP contribution in [0.3, 0.4) is 0 Å². The van der Waals surface area contributed by atoms with Gasteiger partial charge >= 0.3 is 24.6 Å². The van der Waals surface area contributed by atoms with Crippen molar-refractivity contribution in [3.05, 3.63) is 0 Å². The maximum absolute atomic E-state index is 9.31. The van der Waals surface area contributed by atoms with Crippen LogP contribution in [0.25, 0.3) is 0 Å². The van der Waals surface area contributed by atoms with Gasteiger partial charge in [-0.25, -0.2) is 0 Å².